The van der Waals surface area contributed by atoms with Crippen molar-refractivity contribution < 1.29 is 22.7 Å². The zero-order chi connectivity index (χ0) is 14.4. The third-order valence-corrected chi connectivity index (χ3v) is 2.38. The highest BCUT2D eigenvalue weighted by atomic mass is 19.2. The average molecular weight is 276 g/mol. The molecule has 4 nitrogen and oxygen atoms in total. The molecule has 0 saturated carbocycles. The summed E-state index contributed by atoms with van der Waals surface area (Å²) >= 11 is 0. The predicted octanol–water partition coefficient (Wildman–Crippen LogP) is 1.67. The lowest BCUT2D eigenvalue weighted by atomic mass is 10.2. The number of carbonyl (C=O) groups excluding carboxylic acids is 1. The summed E-state index contributed by atoms with van der Waals surface area (Å²) in [5.74, 6) is -3.83. The van der Waals surface area contributed by atoms with Crippen LogP contribution in [-0.2, 0) is 9.53 Å². The summed E-state index contributed by atoms with van der Waals surface area (Å²) in [6, 6.07) is 0.299. The fourth-order valence-corrected chi connectivity index (χ4v) is 1.36. The van der Waals surface area contributed by atoms with Gasteiger partial charge in [0.25, 0.3) is 0 Å². The molecular weight excluding hydrogens is 261 g/mol. The Hall–Kier alpha value is -1.76. The number of ether oxygens (including phenoxy) is 1. The first-order chi connectivity index (χ1) is 8.95. The molecule has 106 valence electrons. The second-order valence-corrected chi connectivity index (χ2v) is 3.90. The summed E-state index contributed by atoms with van der Waals surface area (Å²) < 4.78 is 43.8. The number of anilines is 1. The van der Waals surface area contributed by atoms with Crippen LogP contribution in [0.25, 0.3) is 0 Å². The Morgan fingerprint density at radius 1 is 1.26 bits per heavy atom. The predicted molar refractivity (Wildman–Crippen MR) is 64.3 cm³/mol. The van der Waals surface area contributed by atoms with Crippen molar-refractivity contribution in [2.75, 3.05) is 25.6 Å². The molecule has 1 aromatic rings. The smallest absolute Gasteiger partial charge is 0.242 e. The van der Waals surface area contributed by atoms with E-state index in [9.17, 15) is 18.0 Å². The molecule has 1 atom stereocenters. The number of hydrogen-bond acceptors (Lipinski definition) is 3. The van der Waals surface area contributed by atoms with E-state index < -0.39 is 29.4 Å². The number of benzene rings is 1. The van der Waals surface area contributed by atoms with E-state index in [4.69, 9.17) is 4.74 Å². The summed E-state index contributed by atoms with van der Waals surface area (Å²) in [5.41, 5.74) is -0.270. The van der Waals surface area contributed by atoms with E-state index in [0.29, 0.717) is 25.3 Å². The molecule has 0 aliphatic heterocycles. The first-order valence-corrected chi connectivity index (χ1v) is 5.63. The molecule has 0 fully saturated rings. The lowest BCUT2D eigenvalue weighted by Gasteiger charge is -2.15. The van der Waals surface area contributed by atoms with Gasteiger partial charge in [0.2, 0.25) is 5.91 Å². The van der Waals surface area contributed by atoms with Crippen molar-refractivity contribution in [3.63, 3.8) is 0 Å². The van der Waals surface area contributed by atoms with Gasteiger partial charge in [0.05, 0.1) is 12.3 Å². The molecule has 7 heteroatoms. The van der Waals surface area contributed by atoms with E-state index in [-0.39, 0.29) is 5.69 Å². The van der Waals surface area contributed by atoms with Crippen LogP contribution in [0.5, 0.6) is 0 Å². The van der Waals surface area contributed by atoms with E-state index >= 15 is 0 Å². The number of hydrogen-bond donors (Lipinski definition) is 2. The number of rotatable bonds is 6. The van der Waals surface area contributed by atoms with E-state index in [1.807, 2.05) is 0 Å². The van der Waals surface area contributed by atoms with Gasteiger partial charge < -0.3 is 15.4 Å². The summed E-state index contributed by atoms with van der Waals surface area (Å²) in [5, 5.41) is 5.00. The Balaban J connectivity index is 2.63. The maximum atomic E-state index is 13.3. The van der Waals surface area contributed by atoms with E-state index in [1.165, 1.54) is 14.0 Å². The first-order valence-electron chi connectivity index (χ1n) is 5.63. The molecule has 1 amide bonds. The van der Waals surface area contributed by atoms with Crippen molar-refractivity contribution >= 4 is 11.6 Å². The molecular formula is C12H15F3N2O2. The van der Waals surface area contributed by atoms with Gasteiger partial charge in [-0.2, -0.15) is 0 Å². The SMILES string of the molecule is COCCNC(=O)C(C)Nc1cc(F)c(F)cc1F. The van der Waals surface area contributed by atoms with Gasteiger partial charge in [-0.05, 0) is 6.92 Å². The minimum absolute atomic E-state index is 0.270. The quantitative estimate of drug-likeness (QED) is 0.614. The molecule has 1 aromatic carbocycles. The van der Waals surface area contributed by atoms with Crippen molar-refractivity contribution in [1.82, 2.24) is 5.32 Å². The van der Waals surface area contributed by atoms with Crippen LogP contribution in [-0.4, -0.2) is 32.2 Å². The molecule has 19 heavy (non-hydrogen) atoms. The molecule has 0 bridgehead atoms. The van der Waals surface area contributed by atoms with Gasteiger partial charge in [-0.1, -0.05) is 0 Å². The van der Waals surface area contributed by atoms with Crippen molar-refractivity contribution in [1.29, 1.82) is 0 Å². The lowest BCUT2D eigenvalue weighted by Crippen LogP contribution is -2.39. The normalized spacial score (nSPS) is 12.1. The number of amides is 1. The van der Waals surface area contributed by atoms with Crippen LogP contribution in [0.2, 0.25) is 0 Å². The van der Waals surface area contributed by atoms with Crippen LogP contribution in [0.4, 0.5) is 18.9 Å². The van der Waals surface area contributed by atoms with E-state index in [0.717, 1.165) is 0 Å². The van der Waals surface area contributed by atoms with E-state index in [2.05, 4.69) is 10.6 Å². The molecule has 0 saturated heterocycles. The zero-order valence-electron chi connectivity index (χ0n) is 10.6. The van der Waals surface area contributed by atoms with Gasteiger partial charge in [-0.25, -0.2) is 13.2 Å². The Bertz CT molecular complexity index is 455. The molecule has 0 heterocycles. The second-order valence-electron chi connectivity index (χ2n) is 3.90. The fourth-order valence-electron chi connectivity index (χ4n) is 1.36. The minimum atomic E-state index is -1.28. The number of nitrogens with one attached hydrogen (secondary N) is 2. The third-order valence-electron chi connectivity index (χ3n) is 2.38. The van der Waals surface area contributed by atoms with Crippen molar-refractivity contribution in [2.45, 2.75) is 13.0 Å². The molecule has 0 aliphatic carbocycles. The summed E-state index contributed by atoms with van der Waals surface area (Å²) in [4.78, 5) is 11.6. The topological polar surface area (TPSA) is 50.4 Å². The Morgan fingerprint density at radius 3 is 2.53 bits per heavy atom. The number of halogens is 3. The van der Waals surface area contributed by atoms with Crippen LogP contribution < -0.4 is 10.6 Å². The maximum absolute atomic E-state index is 13.3. The minimum Gasteiger partial charge on any atom is -0.383 e. The zero-order valence-corrected chi connectivity index (χ0v) is 10.6. The molecule has 0 aromatic heterocycles. The average Bonchev–Trinajstić information content (AvgIpc) is 2.36. The Kier molecular flexibility index (Phi) is 5.62. The molecule has 0 aliphatic rings. The van der Waals surface area contributed by atoms with Crippen LogP contribution in [0.15, 0.2) is 12.1 Å². The van der Waals surface area contributed by atoms with E-state index in [1.54, 1.807) is 0 Å². The van der Waals surface area contributed by atoms with Crippen LogP contribution in [0.1, 0.15) is 6.92 Å². The molecule has 1 unspecified atom stereocenters. The highest BCUT2D eigenvalue weighted by Crippen LogP contribution is 2.19. The largest absolute Gasteiger partial charge is 0.383 e. The number of carbonyl (C=O) groups is 1. The molecule has 0 radical (unpaired) electrons. The molecule has 1 rings (SSSR count). The highest BCUT2D eigenvalue weighted by molar-refractivity contribution is 5.84. The van der Waals surface area contributed by atoms with Gasteiger partial charge in [0, 0.05) is 25.8 Å². The molecule has 0 spiro atoms. The fraction of sp³-hybridized carbons (Fsp3) is 0.417. The highest BCUT2D eigenvalue weighted by Gasteiger charge is 2.16. The van der Waals surface area contributed by atoms with Crippen molar-refractivity contribution in [2.24, 2.45) is 0 Å². The van der Waals surface area contributed by atoms with Gasteiger partial charge in [0.15, 0.2) is 11.6 Å². The molecule has 2 N–H and O–H groups in total. The third kappa shape index (κ3) is 4.44. The van der Waals surface area contributed by atoms with Crippen molar-refractivity contribution in [3.8, 4) is 0 Å². The second kappa shape index (κ2) is 6.98. The monoisotopic (exact) mass is 276 g/mol. The lowest BCUT2D eigenvalue weighted by molar-refractivity contribution is -0.121. The van der Waals surface area contributed by atoms with Crippen LogP contribution in [0.3, 0.4) is 0 Å². The van der Waals surface area contributed by atoms with Gasteiger partial charge in [-0.15, -0.1) is 0 Å². The van der Waals surface area contributed by atoms with Crippen molar-refractivity contribution in [3.05, 3.63) is 29.6 Å². The maximum Gasteiger partial charge on any atom is 0.242 e. The Morgan fingerprint density at radius 2 is 1.89 bits per heavy atom. The first kappa shape index (κ1) is 15.3. The van der Waals surface area contributed by atoms with Gasteiger partial charge in [-0.3, -0.25) is 4.79 Å². The summed E-state index contributed by atoms with van der Waals surface area (Å²) in [6.07, 6.45) is 0. The van der Waals surface area contributed by atoms with Gasteiger partial charge >= 0.3 is 0 Å². The summed E-state index contributed by atoms with van der Waals surface area (Å²) in [7, 11) is 1.49. The van der Waals surface area contributed by atoms with Crippen LogP contribution >= 0.6 is 0 Å². The standard InChI is InChI=1S/C12H15F3N2O2/c1-7(12(18)16-3-4-19-2)17-11-6-9(14)8(13)5-10(11)15/h5-7,17H,3-4H2,1-2H3,(H,16,18). The van der Waals surface area contributed by atoms with Crippen LogP contribution in [0, 0.1) is 17.5 Å². The summed E-state index contributed by atoms with van der Waals surface area (Å²) in [6.45, 7) is 2.13. The number of methoxy groups -OCH3 is 1. The van der Waals surface area contributed by atoms with Gasteiger partial charge in [0.1, 0.15) is 11.9 Å². The Labute approximate surface area is 108 Å².